The van der Waals surface area contributed by atoms with Crippen LogP contribution in [0.5, 0.6) is 0 Å². The molecule has 0 radical (unpaired) electrons. The summed E-state index contributed by atoms with van der Waals surface area (Å²) in [6, 6.07) is 1.66. The van der Waals surface area contributed by atoms with E-state index in [2.05, 4.69) is 9.46 Å². The van der Waals surface area contributed by atoms with Crippen LogP contribution in [0, 0.1) is 6.92 Å². The minimum atomic E-state index is -3.90. The van der Waals surface area contributed by atoms with Crippen molar-refractivity contribution in [3.8, 4) is 0 Å². The van der Waals surface area contributed by atoms with Crippen LogP contribution >= 0.6 is 11.3 Å². The Morgan fingerprint density at radius 2 is 2.10 bits per heavy atom. The first-order valence-electron chi connectivity index (χ1n) is 5.64. The van der Waals surface area contributed by atoms with Gasteiger partial charge in [-0.3, -0.25) is 9.59 Å². The Morgan fingerprint density at radius 3 is 2.55 bits per heavy atom. The van der Waals surface area contributed by atoms with E-state index in [-0.39, 0.29) is 17.1 Å². The van der Waals surface area contributed by atoms with E-state index in [0.717, 1.165) is 16.2 Å². The Morgan fingerprint density at radius 1 is 1.45 bits per heavy atom. The lowest BCUT2D eigenvalue weighted by atomic mass is 10.2. The van der Waals surface area contributed by atoms with E-state index in [1.165, 1.54) is 13.2 Å². The molecule has 1 aromatic heterocycles. The van der Waals surface area contributed by atoms with Crippen LogP contribution in [-0.4, -0.2) is 38.6 Å². The van der Waals surface area contributed by atoms with Gasteiger partial charge in [-0.25, -0.2) is 8.42 Å². The lowest BCUT2D eigenvalue weighted by Gasteiger charge is -2.13. The standard InChI is InChI=1S/C11H15NO6S2/c1-7-3-6-10(19-7)20(16,17)12-8(11(14)15)4-5-9(13)18-2/h3,6,8,12H,4-5H2,1-2H3,(H,14,15). The summed E-state index contributed by atoms with van der Waals surface area (Å²) >= 11 is 1.04. The van der Waals surface area contributed by atoms with E-state index in [0.29, 0.717) is 0 Å². The Hall–Kier alpha value is -1.45. The fourth-order valence-corrected chi connectivity index (χ4v) is 3.92. The van der Waals surface area contributed by atoms with Gasteiger partial charge in [0, 0.05) is 11.3 Å². The molecule has 0 bridgehead atoms. The van der Waals surface area contributed by atoms with E-state index in [9.17, 15) is 18.0 Å². The lowest BCUT2D eigenvalue weighted by molar-refractivity contribution is -0.142. The second-order valence-corrected chi connectivity index (χ2v) is 7.22. The fraction of sp³-hybridized carbons (Fsp3) is 0.455. The summed E-state index contributed by atoms with van der Waals surface area (Å²) in [7, 11) is -2.73. The van der Waals surface area contributed by atoms with Gasteiger partial charge in [-0.2, -0.15) is 4.72 Å². The molecule has 9 heteroatoms. The summed E-state index contributed by atoms with van der Waals surface area (Å²) in [6.45, 7) is 1.75. The number of carbonyl (C=O) groups is 2. The van der Waals surface area contributed by atoms with Gasteiger partial charge < -0.3 is 9.84 Å². The van der Waals surface area contributed by atoms with Crippen molar-refractivity contribution in [2.75, 3.05) is 7.11 Å². The molecule has 1 aromatic rings. The molecule has 0 saturated heterocycles. The van der Waals surface area contributed by atoms with Crippen LogP contribution in [0.3, 0.4) is 0 Å². The normalized spacial score (nSPS) is 12.9. The van der Waals surface area contributed by atoms with Crippen LogP contribution in [-0.2, 0) is 24.3 Å². The van der Waals surface area contributed by atoms with Crippen LogP contribution in [0.15, 0.2) is 16.3 Å². The summed E-state index contributed by atoms with van der Waals surface area (Å²) in [4.78, 5) is 22.8. The van der Waals surface area contributed by atoms with Crippen LogP contribution < -0.4 is 4.72 Å². The smallest absolute Gasteiger partial charge is 0.321 e. The third-order valence-corrected chi connectivity index (χ3v) is 5.41. The van der Waals surface area contributed by atoms with Crippen molar-refractivity contribution in [2.45, 2.75) is 30.0 Å². The molecule has 1 atom stereocenters. The summed E-state index contributed by atoms with van der Waals surface area (Å²) in [5, 5.41) is 9.00. The highest BCUT2D eigenvalue weighted by Crippen LogP contribution is 2.21. The lowest BCUT2D eigenvalue weighted by Crippen LogP contribution is -2.40. The second kappa shape index (κ2) is 6.82. The summed E-state index contributed by atoms with van der Waals surface area (Å²) in [5.74, 6) is -1.94. The fourth-order valence-electron chi connectivity index (χ4n) is 1.40. The van der Waals surface area contributed by atoms with Crippen molar-refractivity contribution >= 4 is 33.3 Å². The number of carbonyl (C=O) groups excluding carboxylic acids is 1. The van der Waals surface area contributed by atoms with E-state index >= 15 is 0 Å². The van der Waals surface area contributed by atoms with E-state index < -0.39 is 28.0 Å². The molecular weight excluding hydrogens is 306 g/mol. The molecule has 2 N–H and O–H groups in total. The number of hydrogen-bond donors (Lipinski definition) is 2. The zero-order valence-electron chi connectivity index (χ0n) is 11.0. The maximum atomic E-state index is 12.0. The minimum absolute atomic E-state index is 0.0410. The number of ether oxygens (including phenoxy) is 1. The highest BCUT2D eigenvalue weighted by atomic mass is 32.2. The number of aliphatic carboxylic acids is 1. The molecule has 7 nitrogen and oxygen atoms in total. The Balaban J connectivity index is 2.80. The summed E-state index contributed by atoms with van der Waals surface area (Å²) < 4.78 is 30.5. The van der Waals surface area contributed by atoms with Gasteiger partial charge in [0.25, 0.3) is 10.0 Å². The number of nitrogens with one attached hydrogen (secondary N) is 1. The predicted octanol–water partition coefficient (Wildman–Crippen LogP) is 0.741. The molecular formula is C11H15NO6S2. The SMILES string of the molecule is COC(=O)CCC(NS(=O)(=O)c1ccc(C)s1)C(=O)O. The first-order valence-corrected chi connectivity index (χ1v) is 7.94. The Kier molecular flexibility index (Phi) is 5.66. The van der Waals surface area contributed by atoms with Gasteiger partial charge in [-0.15, -0.1) is 11.3 Å². The van der Waals surface area contributed by atoms with Crippen LogP contribution in [0.25, 0.3) is 0 Å². The number of hydrogen-bond acceptors (Lipinski definition) is 6. The van der Waals surface area contributed by atoms with E-state index in [4.69, 9.17) is 5.11 Å². The Labute approximate surface area is 120 Å². The molecule has 1 rings (SSSR count). The average molecular weight is 321 g/mol. The quantitative estimate of drug-likeness (QED) is 0.717. The van der Waals surface area contributed by atoms with Gasteiger partial charge >= 0.3 is 11.9 Å². The predicted molar refractivity (Wildman–Crippen MR) is 72.1 cm³/mol. The largest absolute Gasteiger partial charge is 0.480 e. The van der Waals surface area contributed by atoms with Gasteiger partial charge in [0.15, 0.2) is 0 Å². The summed E-state index contributed by atoms with van der Waals surface area (Å²) in [6.07, 6.45) is -0.356. The first-order chi connectivity index (χ1) is 9.26. The molecule has 0 fully saturated rings. The number of thiophene rings is 1. The molecule has 0 aromatic carbocycles. The number of rotatable bonds is 7. The van der Waals surface area contributed by atoms with E-state index in [1.54, 1.807) is 13.0 Å². The highest BCUT2D eigenvalue weighted by molar-refractivity contribution is 7.91. The number of aryl methyl sites for hydroxylation is 1. The Bertz CT molecular complexity index is 592. The van der Waals surface area contributed by atoms with Crippen LogP contribution in [0.2, 0.25) is 0 Å². The first kappa shape index (κ1) is 16.6. The van der Waals surface area contributed by atoms with Gasteiger partial charge in [0.2, 0.25) is 0 Å². The number of carboxylic acid groups (broad SMARTS) is 1. The van der Waals surface area contributed by atoms with Crippen molar-refractivity contribution in [1.82, 2.24) is 4.72 Å². The molecule has 0 aliphatic heterocycles. The molecule has 0 amide bonds. The van der Waals surface area contributed by atoms with Crippen LogP contribution in [0.4, 0.5) is 0 Å². The summed E-state index contributed by atoms with van der Waals surface area (Å²) in [5.41, 5.74) is 0. The van der Waals surface area contributed by atoms with E-state index in [1.807, 2.05) is 0 Å². The maximum absolute atomic E-state index is 12.0. The van der Waals surface area contributed by atoms with Gasteiger partial charge in [0.05, 0.1) is 7.11 Å². The maximum Gasteiger partial charge on any atom is 0.321 e. The molecule has 0 aliphatic carbocycles. The molecule has 1 unspecified atom stereocenters. The van der Waals surface area contributed by atoms with Crippen LogP contribution in [0.1, 0.15) is 17.7 Å². The number of methoxy groups -OCH3 is 1. The molecule has 20 heavy (non-hydrogen) atoms. The zero-order valence-corrected chi connectivity index (χ0v) is 12.6. The van der Waals surface area contributed by atoms with Crippen molar-refractivity contribution in [3.05, 3.63) is 17.0 Å². The topological polar surface area (TPSA) is 110 Å². The third kappa shape index (κ3) is 4.58. The van der Waals surface area contributed by atoms with Crippen molar-refractivity contribution in [1.29, 1.82) is 0 Å². The third-order valence-electron chi connectivity index (χ3n) is 2.44. The number of esters is 1. The zero-order chi connectivity index (χ0) is 15.3. The molecule has 0 spiro atoms. The van der Waals surface area contributed by atoms with Gasteiger partial charge in [-0.1, -0.05) is 0 Å². The molecule has 0 saturated carbocycles. The van der Waals surface area contributed by atoms with Crippen molar-refractivity contribution in [2.24, 2.45) is 0 Å². The number of carboxylic acids is 1. The average Bonchev–Trinajstić information content (AvgIpc) is 2.81. The van der Waals surface area contributed by atoms with Crippen molar-refractivity contribution < 1.29 is 27.9 Å². The monoisotopic (exact) mass is 321 g/mol. The second-order valence-electron chi connectivity index (χ2n) is 3.99. The molecule has 112 valence electrons. The highest BCUT2D eigenvalue weighted by Gasteiger charge is 2.26. The number of sulfonamides is 1. The van der Waals surface area contributed by atoms with Gasteiger partial charge in [0.1, 0.15) is 10.3 Å². The van der Waals surface area contributed by atoms with Gasteiger partial charge in [-0.05, 0) is 25.5 Å². The van der Waals surface area contributed by atoms with Crippen molar-refractivity contribution in [3.63, 3.8) is 0 Å². The minimum Gasteiger partial charge on any atom is -0.480 e. The molecule has 0 aliphatic rings. The molecule has 1 heterocycles.